The molecule has 0 aliphatic rings. The third-order valence-corrected chi connectivity index (χ3v) is 3.92. The van der Waals surface area contributed by atoms with E-state index >= 15 is 0 Å². The fourth-order valence-electron chi connectivity index (χ4n) is 2.60. The highest BCUT2D eigenvalue weighted by Crippen LogP contribution is 2.26. The zero-order valence-electron chi connectivity index (χ0n) is 13.5. The van der Waals surface area contributed by atoms with Crippen LogP contribution in [-0.4, -0.2) is 16.2 Å². The van der Waals surface area contributed by atoms with Gasteiger partial charge in [-0.15, -0.1) is 0 Å². The average Bonchev–Trinajstić information content (AvgIpc) is 2.63. The van der Waals surface area contributed by atoms with E-state index in [-0.39, 0.29) is 17.5 Å². The summed E-state index contributed by atoms with van der Waals surface area (Å²) in [6.45, 7) is 0. The Hall–Kier alpha value is -3.27. The first-order chi connectivity index (χ1) is 12.1. The Morgan fingerprint density at radius 1 is 0.800 bits per heavy atom. The molecule has 2 N–H and O–H groups in total. The van der Waals surface area contributed by atoms with Gasteiger partial charge < -0.3 is 14.9 Å². The molecule has 4 nitrogen and oxygen atoms in total. The molecular formula is C21H18O4. The van der Waals surface area contributed by atoms with E-state index in [1.165, 1.54) is 12.1 Å². The molecule has 0 spiro atoms. The number of ether oxygens (including phenoxy) is 1. The van der Waals surface area contributed by atoms with Crippen LogP contribution in [0.5, 0.6) is 17.2 Å². The van der Waals surface area contributed by atoms with Crippen molar-refractivity contribution in [2.24, 2.45) is 0 Å². The third kappa shape index (κ3) is 4.38. The van der Waals surface area contributed by atoms with Gasteiger partial charge >= 0.3 is 5.97 Å². The van der Waals surface area contributed by atoms with Crippen molar-refractivity contribution in [3.63, 3.8) is 0 Å². The van der Waals surface area contributed by atoms with Crippen molar-refractivity contribution in [3.8, 4) is 17.2 Å². The number of esters is 1. The van der Waals surface area contributed by atoms with Crippen molar-refractivity contribution in [3.05, 3.63) is 90.0 Å². The van der Waals surface area contributed by atoms with Gasteiger partial charge in [0.25, 0.3) is 0 Å². The van der Waals surface area contributed by atoms with Crippen molar-refractivity contribution >= 4 is 5.97 Å². The first kappa shape index (κ1) is 16.6. The zero-order chi connectivity index (χ0) is 17.6. The normalized spacial score (nSPS) is 11.7. The number of aromatic hydroxyl groups is 2. The van der Waals surface area contributed by atoms with Crippen molar-refractivity contribution in [2.45, 2.75) is 12.3 Å². The van der Waals surface area contributed by atoms with E-state index in [0.717, 1.165) is 11.1 Å². The average molecular weight is 334 g/mol. The highest BCUT2D eigenvalue weighted by atomic mass is 16.5. The maximum absolute atomic E-state index is 12.7. The van der Waals surface area contributed by atoms with Gasteiger partial charge in [0.05, 0.1) is 5.92 Å². The third-order valence-electron chi connectivity index (χ3n) is 3.92. The maximum Gasteiger partial charge on any atom is 0.319 e. The van der Waals surface area contributed by atoms with Gasteiger partial charge in [-0.05, 0) is 53.9 Å². The van der Waals surface area contributed by atoms with Crippen LogP contribution < -0.4 is 4.74 Å². The Balaban J connectivity index is 1.85. The van der Waals surface area contributed by atoms with Crippen LogP contribution in [-0.2, 0) is 11.2 Å². The Bertz CT molecular complexity index is 824. The van der Waals surface area contributed by atoms with Crippen LogP contribution in [0.25, 0.3) is 0 Å². The molecule has 0 aliphatic heterocycles. The lowest BCUT2D eigenvalue weighted by Gasteiger charge is -2.17. The lowest BCUT2D eigenvalue weighted by Crippen LogP contribution is -2.21. The quantitative estimate of drug-likeness (QED) is 0.546. The topological polar surface area (TPSA) is 66.8 Å². The van der Waals surface area contributed by atoms with Crippen LogP contribution in [0.2, 0.25) is 0 Å². The fourth-order valence-corrected chi connectivity index (χ4v) is 2.60. The number of carbonyl (C=O) groups is 1. The fraction of sp³-hybridized carbons (Fsp3) is 0.0952. The minimum atomic E-state index is -0.503. The summed E-state index contributed by atoms with van der Waals surface area (Å²) in [5.74, 6) is -0.259. The van der Waals surface area contributed by atoms with E-state index in [1.807, 2.05) is 30.3 Å². The number of phenolic OH excluding ortho intramolecular Hbond substituents is 2. The van der Waals surface area contributed by atoms with Crippen LogP contribution in [0, 0.1) is 0 Å². The second-order valence-electron chi connectivity index (χ2n) is 5.75. The molecule has 0 amide bonds. The molecule has 126 valence electrons. The van der Waals surface area contributed by atoms with Gasteiger partial charge in [-0.2, -0.15) is 0 Å². The highest BCUT2D eigenvalue weighted by molar-refractivity contribution is 5.80. The predicted octanol–water partition coefficient (Wildman–Crippen LogP) is 4.03. The van der Waals surface area contributed by atoms with E-state index < -0.39 is 5.92 Å². The summed E-state index contributed by atoms with van der Waals surface area (Å²) in [6.07, 6.45) is 0.489. The van der Waals surface area contributed by atoms with Crippen molar-refractivity contribution in [1.82, 2.24) is 0 Å². The molecule has 0 aliphatic carbocycles. The Morgan fingerprint density at radius 3 is 1.96 bits per heavy atom. The summed E-state index contributed by atoms with van der Waals surface area (Å²) in [4.78, 5) is 12.7. The largest absolute Gasteiger partial charge is 0.508 e. The number of phenols is 2. The van der Waals surface area contributed by atoms with Crippen LogP contribution in [0.1, 0.15) is 17.0 Å². The monoisotopic (exact) mass is 334 g/mol. The summed E-state index contributed by atoms with van der Waals surface area (Å²) in [6, 6.07) is 22.3. The summed E-state index contributed by atoms with van der Waals surface area (Å²) in [7, 11) is 0. The highest BCUT2D eigenvalue weighted by Gasteiger charge is 2.23. The van der Waals surface area contributed by atoms with Crippen molar-refractivity contribution in [2.75, 3.05) is 0 Å². The number of hydrogen-bond donors (Lipinski definition) is 2. The second-order valence-corrected chi connectivity index (χ2v) is 5.75. The van der Waals surface area contributed by atoms with E-state index in [9.17, 15) is 15.0 Å². The number of hydrogen-bond acceptors (Lipinski definition) is 4. The Kier molecular flexibility index (Phi) is 5.00. The summed E-state index contributed by atoms with van der Waals surface area (Å²) in [5, 5.41) is 18.8. The first-order valence-corrected chi connectivity index (χ1v) is 7.95. The van der Waals surface area contributed by atoms with Crippen molar-refractivity contribution in [1.29, 1.82) is 0 Å². The molecular weight excluding hydrogens is 316 g/mol. The van der Waals surface area contributed by atoms with Gasteiger partial charge in [-0.3, -0.25) is 4.79 Å². The molecule has 0 heterocycles. The molecule has 1 atom stereocenters. The molecule has 0 saturated carbocycles. The van der Waals surface area contributed by atoms with Gasteiger partial charge in [0.15, 0.2) is 0 Å². The molecule has 3 aromatic rings. The summed E-state index contributed by atoms with van der Waals surface area (Å²) < 4.78 is 5.48. The minimum absolute atomic E-state index is 0.110. The molecule has 0 radical (unpaired) electrons. The van der Waals surface area contributed by atoms with Gasteiger partial charge in [0.2, 0.25) is 0 Å². The molecule has 1 unspecified atom stereocenters. The maximum atomic E-state index is 12.7. The van der Waals surface area contributed by atoms with Crippen LogP contribution in [0.15, 0.2) is 78.9 Å². The number of carbonyl (C=O) groups excluding carboxylic acids is 1. The molecule has 3 aromatic carbocycles. The molecule has 0 aromatic heterocycles. The van der Waals surface area contributed by atoms with E-state index in [2.05, 4.69) is 0 Å². The van der Waals surface area contributed by atoms with E-state index in [4.69, 9.17) is 4.74 Å². The molecule has 4 heteroatoms. The van der Waals surface area contributed by atoms with E-state index in [1.54, 1.807) is 36.4 Å². The van der Waals surface area contributed by atoms with E-state index in [0.29, 0.717) is 12.2 Å². The van der Waals surface area contributed by atoms with Gasteiger partial charge in [0.1, 0.15) is 17.2 Å². The first-order valence-electron chi connectivity index (χ1n) is 7.95. The number of rotatable bonds is 5. The van der Waals surface area contributed by atoms with Gasteiger partial charge in [-0.1, -0.05) is 42.5 Å². The molecule has 0 fully saturated rings. The van der Waals surface area contributed by atoms with Crippen LogP contribution >= 0.6 is 0 Å². The lowest BCUT2D eigenvalue weighted by molar-refractivity contribution is -0.136. The van der Waals surface area contributed by atoms with Crippen LogP contribution in [0.4, 0.5) is 0 Å². The van der Waals surface area contributed by atoms with Crippen LogP contribution in [0.3, 0.4) is 0 Å². The van der Waals surface area contributed by atoms with Gasteiger partial charge in [-0.25, -0.2) is 0 Å². The summed E-state index contributed by atoms with van der Waals surface area (Å²) >= 11 is 0. The van der Waals surface area contributed by atoms with Gasteiger partial charge in [0, 0.05) is 0 Å². The Labute approximate surface area is 146 Å². The molecule has 3 rings (SSSR count). The van der Waals surface area contributed by atoms with Crippen molar-refractivity contribution < 1.29 is 19.7 Å². The predicted molar refractivity (Wildman–Crippen MR) is 94.7 cm³/mol. The standard InChI is InChI=1S/C21H18O4/c22-17-8-6-16(7-9-17)20(14-15-4-2-1-3-5-15)21(24)25-19-12-10-18(23)11-13-19/h1-13,20,22-23H,14H2. The number of benzene rings is 3. The zero-order valence-corrected chi connectivity index (χ0v) is 13.5. The molecule has 0 bridgehead atoms. The smallest absolute Gasteiger partial charge is 0.319 e. The Morgan fingerprint density at radius 2 is 1.36 bits per heavy atom. The lowest BCUT2D eigenvalue weighted by atomic mass is 9.92. The molecule has 0 saturated heterocycles. The SMILES string of the molecule is O=C(Oc1ccc(O)cc1)C(Cc1ccccc1)c1ccc(O)cc1. The summed E-state index contributed by atoms with van der Waals surface area (Å²) in [5.41, 5.74) is 1.79. The minimum Gasteiger partial charge on any atom is -0.508 e. The molecule has 25 heavy (non-hydrogen) atoms. The second kappa shape index (κ2) is 7.53.